The lowest BCUT2D eigenvalue weighted by Gasteiger charge is -2.22. The number of amides is 1. The number of carbonyl (C=O) groups excluding carboxylic acids is 1. The van der Waals surface area contributed by atoms with E-state index < -0.39 is 10.0 Å². The summed E-state index contributed by atoms with van der Waals surface area (Å²) in [6.45, 7) is 5.13. The first-order valence-corrected chi connectivity index (χ1v) is 9.74. The summed E-state index contributed by atoms with van der Waals surface area (Å²) in [5.41, 5.74) is 2.59. The number of aryl methyl sites for hydroxylation is 1. The van der Waals surface area contributed by atoms with Gasteiger partial charge in [0, 0.05) is 18.7 Å². The van der Waals surface area contributed by atoms with Crippen molar-refractivity contribution in [1.29, 1.82) is 0 Å². The largest absolute Gasteiger partial charge is 0.334 e. The Balaban J connectivity index is 2.28. The molecule has 6 heteroatoms. The second-order valence-corrected chi connectivity index (χ2v) is 7.83. The zero-order chi connectivity index (χ0) is 18.4. The molecule has 0 aliphatic heterocycles. The van der Waals surface area contributed by atoms with E-state index in [4.69, 9.17) is 0 Å². The number of sulfonamides is 1. The van der Waals surface area contributed by atoms with Crippen molar-refractivity contribution in [3.63, 3.8) is 0 Å². The molecule has 134 valence electrons. The Morgan fingerprint density at radius 3 is 2.40 bits per heavy atom. The molecule has 25 heavy (non-hydrogen) atoms. The molecular weight excluding hydrogens is 336 g/mol. The Morgan fingerprint density at radius 2 is 1.80 bits per heavy atom. The van der Waals surface area contributed by atoms with Crippen molar-refractivity contribution < 1.29 is 13.2 Å². The number of carbonyl (C=O) groups is 1. The van der Waals surface area contributed by atoms with Gasteiger partial charge in [0.15, 0.2) is 0 Å². The third-order valence-electron chi connectivity index (χ3n) is 3.93. The number of nitrogens with zero attached hydrogens (tertiary/aromatic N) is 1. The fourth-order valence-corrected chi connectivity index (χ4v) is 3.31. The second-order valence-electron chi connectivity index (χ2n) is 5.95. The van der Waals surface area contributed by atoms with E-state index in [0.717, 1.165) is 12.0 Å². The van der Waals surface area contributed by atoms with Gasteiger partial charge in [-0.1, -0.05) is 42.8 Å². The van der Waals surface area contributed by atoms with E-state index in [9.17, 15) is 13.2 Å². The maximum Gasteiger partial charge on any atom is 0.254 e. The van der Waals surface area contributed by atoms with Gasteiger partial charge in [0.1, 0.15) is 0 Å². The predicted molar refractivity (Wildman–Crippen MR) is 98.9 cm³/mol. The van der Waals surface area contributed by atoms with Gasteiger partial charge in [-0.3, -0.25) is 4.79 Å². The van der Waals surface area contributed by atoms with Crippen LogP contribution in [-0.2, 0) is 16.6 Å². The average molecular weight is 360 g/mol. The number of hydrogen-bond donors (Lipinski definition) is 1. The Kier molecular flexibility index (Phi) is 6.33. The minimum Gasteiger partial charge on any atom is -0.334 e. The fraction of sp³-hybridized carbons (Fsp3) is 0.316. The molecule has 2 rings (SSSR count). The highest BCUT2D eigenvalue weighted by atomic mass is 32.2. The highest BCUT2D eigenvalue weighted by Gasteiger charge is 2.18. The number of rotatable bonds is 7. The minimum atomic E-state index is -3.58. The first-order valence-electron chi connectivity index (χ1n) is 8.26. The van der Waals surface area contributed by atoms with Crippen LogP contribution < -0.4 is 4.72 Å². The third kappa shape index (κ3) is 4.90. The highest BCUT2D eigenvalue weighted by molar-refractivity contribution is 7.89. The molecule has 0 saturated carbocycles. The standard InChI is InChI=1S/C19H24N2O3S/c1-4-12-21(14-16-10-8-15(2)9-11-16)19(22)17-6-5-7-18(13-17)25(23,24)20-3/h5-11,13,20H,4,12,14H2,1-3H3. The maximum atomic E-state index is 12.9. The lowest BCUT2D eigenvalue weighted by atomic mass is 10.1. The first kappa shape index (κ1) is 19.1. The predicted octanol–water partition coefficient (Wildman–Crippen LogP) is 2.96. The third-order valence-corrected chi connectivity index (χ3v) is 5.35. The van der Waals surface area contributed by atoms with Crippen molar-refractivity contribution in [3.8, 4) is 0 Å². The average Bonchev–Trinajstić information content (AvgIpc) is 2.62. The van der Waals surface area contributed by atoms with Crippen LogP contribution in [0.1, 0.15) is 34.8 Å². The molecule has 2 aromatic rings. The van der Waals surface area contributed by atoms with E-state index >= 15 is 0 Å². The normalized spacial score (nSPS) is 11.3. The molecular formula is C19H24N2O3S. The van der Waals surface area contributed by atoms with E-state index in [0.29, 0.717) is 18.7 Å². The molecule has 0 radical (unpaired) electrons. The van der Waals surface area contributed by atoms with Gasteiger partial charge in [-0.25, -0.2) is 13.1 Å². The van der Waals surface area contributed by atoms with Crippen LogP contribution in [0.4, 0.5) is 0 Å². The molecule has 2 aromatic carbocycles. The van der Waals surface area contributed by atoms with Crippen LogP contribution in [0.25, 0.3) is 0 Å². The molecule has 1 N–H and O–H groups in total. The molecule has 0 unspecified atom stereocenters. The van der Waals surface area contributed by atoms with Gasteiger partial charge in [-0.05, 0) is 44.2 Å². The van der Waals surface area contributed by atoms with E-state index in [1.165, 1.54) is 24.7 Å². The highest BCUT2D eigenvalue weighted by Crippen LogP contribution is 2.15. The minimum absolute atomic E-state index is 0.0904. The Morgan fingerprint density at radius 1 is 1.12 bits per heavy atom. The fourth-order valence-electron chi connectivity index (χ4n) is 2.53. The van der Waals surface area contributed by atoms with Gasteiger partial charge in [0.25, 0.3) is 5.91 Å². The van der Waals surface area contributed by atoms with Crippen LogP contribution in [0.5, 0.6) is 0 Å². The molecule has 1 amide bonds. The summed E-state index contributed by atoms with van der Waals surface area (Å²) >= 11 is 0. The Labute approximate surface area is 149 Å². The van der Waals surface area contributed by atoms with Gasteiger partial charge >= 0.3 is 0 Å². The van der Waals surface area contributed by atoms with Crippen molar-refractivity contribution in [2.24, 2.45) is 0 Å². The summed E-state index contributed by atoms with van der Waals surface area (Å²) in [7, 11) is -2.22. The van der Waals surface area contributed by atoms with Gasteiger partial charge in [-0.15, -0.1) is 0 Å². The molecule has 5 nitrogen and oxygen atoms in total. The summed E-state index contributed by atoms with van der Waals surface area (Å²) in [5.74, 6) is -0.171. The number of benzene rings is 2. The van der Waals surface area contributed by atoms with Crippen molar-refractivity contribution in [2.45, 2.75) is 31.7 Å². The summed E-state index contributed by atoms with van der Waals surface area (Å²) in [6, 6.07) is 14.2. The van der Waals surface area contributed by atoms with Gasteiger partial charge in [0.05, 0.1) is 4.90 Å². The quantitative estimate of drug-likeness (QED) is 0.825. The van der Waals surface area contributed by atoms with Crippen LogP contribution in [0.3, 0.4) is 0 Å². The molecule has 0 aliphatic rings. The van der Waals surface area contributed by atoms with Crippen LogP contribution >= 0.6 is 0 Å². The van der Waals surface area contributed by atoms with E-state index in [2.05, 4.69) is 4.72 Å². The van der Waals surface area contributed by atoms with E-state index in [1.54, 1.807) is 17.0 Å². The molecule has 0 atom stereocenters. The summed E-state index contributed by atoms with van der Waals surface area (Å²) in [5, 5.41) is 0. The summed E-state index contributed by atoms with van der Waals surface area (Å²) in [6.07, 6.45) is 0.826. The van der Waals surface area contributed by atoms with Crippen LogP contribution in [0, 0.1) is 6.92 Å². The molecule has 0 spiro atoms. The smallest absolute Gasteiger partial charge is 0.254 e. The van der Waals surface area contributed by atoms with Crippen molar-refractivity contribution in [1.82, 2.24) is 9.62 Å². The van der Waals surface area contributed by atoms with Crippen molar-refractivity contribution in [2.75, 3.05) is 13.6 Å². The van der Waals surface area contributed by atoms with Crippen molar-refractivity contribution in [3.05, 3.63) is 65.2 Å². The monoisotopic (exact) mass is 360 g/mol. The molecule has 0 saturated heterocycles. The van der Waals surface area contributed by atoms with Crippen LogP contribution in [-0.4, -0.2) is 32.8 Å². The topological polar surface area (TPSA) is 66.5 Å². The summed E-state index contributed by atoms with van der Waals surface area (Å²) < 4.78 is 26.2. The molecule has 0 heterocycles. The number of hydrogen-bond acceptors (Lipinski definition) is 3. The lowest BCUT2D eigenvalue weighted by molar-refractivity contribution is 0.0743. The Hall–Kier alpha value is -2.18. The second kappa shape index (κ2) is 8.27. The van der Waals surface area contributed by atoms with Gasteiger partial charge < -0.3 is 4.90 Å². The van der Waals surface area contributed by atoms with Crippen molar-refractivity contribution >= 4 is 15.9 Å². The van der Waals surface area contributed by atoms with E-state index in [1.807, 2.05) is 38.1 Å². The zero-order valence-electron chi connectivity index (χ0n) is 14.8. The first-order chi connectivity index (χ1) is 11.9. The van der Waals surface area contributed by atoms with Gasteiger partial charge in [0.2, 0.25) is 10.0 Å². The molecule has 0 bridgehead atoms. The molecule has 0 aliphatic carbocycles. The van der Waals surface area contributed by atoms with E-state index in [-0.39, 0.29) is 10.8 Å². The zero-order valence-corrected chi connectivity index (χ0v) is 15.6. The summed E-state index contributed by atoms with van der Waals surface area (Å²) in [4.78, 5) is 14.7. The van der Waals surface area contributed by atoms with Gasteiger partial charge in [-0.2, -0.15) is 0 Å². The SMILES string of the molecule is CCCN(Cc1ccc(C)cc1)C(=O)c1cccc(S(=O)(=O)NC)c1. The van der Waals surface area contributed by atoms with Crippen LogP contribution in [0.2, 0.25) is 0 Å². The Bertz CT molecular complexity index is 830. The maximum absolute atomic E-state index is 12.9. The molecule has 0 fully saturated rings. The molecule has 0 aromatic heterocycles. The lowest BCUT2D eigenvalue weighted by Crippen LogP contribution is -2.31. The van der Waals surface area contributed by atoms with Crippen LogP contribution in [0.15, 0.2) is 53.4 Å². The number of nitrogens with one attached hydrogen (secondary N) is 1.